The van der Waals surface area contributed by atoms with E-state index in [1.54, 1.807) is 6.20 Å². The fraction of sp³-hybridized carbons (Fsp3) is 0.250. The molecule has 0 radical (unpaired) electrons. The summed E-state index contributed by atoms with van der Waals surface area (Å²) in [6, 6.07) is 3.90. The molecule has 0 saturated heterocycles. The number of pyridine rings is 1. The maximum atomic E-state index is 5.65. The van der Waals surface area contributed by atoms with Crippen LogP contribution in [0.1, 0.15) is 5.82 Å². The van der Waals surface area contributed by atoms with Gasteiger partial charge in [0.25, 0.3) is 0 Å². The number of ether oxygens (including phenoxy) is 1. The number of hydrogen-bond acceptors (Lipinski definition) is 6. The zero-order valence-corrected chi connectivity index (χ0v) is 11.4. The van der Waals surface area contributed by atoms with Crippen LogP contribution in [0.25, 0.3) is 11.0 Å². The van der Waals surface area contributed by atoms with E-state index in [0.29, 0.717) is 18.2 Å². The monoisotopic (exact) mass is 275 g/mol. The lowest BCUT2D eigenvalue weighted by Gasteiger charge is -2.05. The van der Waals surface area contributed by atoms with Gasteiger partial charge in [-0.1, -0.05) is 0 Å². The molecule has 3 heterocycles. The van der Waals surface area contributed by atoms with Crippen molar-refractivity contribution in [3.63, 3.8) is 0 Å². The number of hydrogen-bond donors (Lipinski definition) is 1. The standard InChI is InChI=1S/C12H13N5OS/c1-17(2)12-15-10(16-19-12)7-18-9-5-8-3-4-13-11(8)14-6-9/h3-6H,7H2,1-2H3,(H,13,14). The smallest absolute Gasteiger partial charge is 0.204 e. The van der Waals surface area contributed by atoms with Crippen molar-refractivity contribution in [2.24, 2.45) is 0 Å². The molecule has 0 aliphatic heterocycles. The summed E-state index contributed by atoms with van der Waals surface area (Å²) < 4.78 is 9.89. The van der Waals surface area contributed by atoms with E-state index in [4.69, 9.17) is 4.74 Å². The number of aromatic nitrogens is 4. The first-order valence-corrected chi connectivity index (χ1v) is 6.55. The van der Waals surface area contributed by atoms with E-state index in [1.165, 1.54) is 11.5 Å². The van der Waals surface area contributed by atoms with Crippen LogP contribution in [0, 0.1) is 0 Å². The van der Waals surface area contributed by atoms with Crippen molar-refractivity contribution < 1.29 is 4.74 Å². The fourth-order valence-corrected chi connectivity index (χ4v) is 2.22. The van der Waals surface area contributed by atoms with Crippen molar-refractivity contribution >= 4 is 27.7 Å². The van der Waals surface area contributed by atoms with Crippen LogP contribution in [-0.4, -0.2) is 33.4 Å². The molecule has 0 aromatic carbocycles. The zero-order valence-electron chi connectivity index (χ0n) is 10.6. The summed E-state index contributed by atoms with van der Waals surface area (Å²) >= 11 is 1.36. The SMILES string of the molecule is CN(C)c1nc(COc2cnc3[nH]ccc3c2)ns1. The Hall–Kier alpha value is -2.15. The van der Waals surface area contributed by atoms with Crippen LogP contribution >= 0.6 is 11.5 Å². The highest BCUT2D eigenvalue weighted by atomic mass is 32.1. The number of aromatic amines is 1. The average molecular weight is 275 g/mol. The molecule has 0 spiro atoms. The molecule has 1 N–H and O–H groups in total. The molecule has 0 unspecified atom stereocenters. The third-order valence-electron chi connectivity index (χ3n) is 2.58. The number of fused-ring (bicyclic) bond motifs is 1. The van der Waals surface area contributed by atoms with Crippen LogP contribution in [0.3, 0.4) is 0 Å². The molecule has 0 saturated carbocycles. The van der Waals surface area contributed by atoms with Gasteiger partial charge in [0.1, 0.15) is 18.0 Å². The van der Waals surface area contributed by atoms with Crippen LogP contribution in [0.5, 0.6) is 5.75 Å². The van der Waals surface area contributed by atoms with Crippen LogP contribution < -0.4 is 9.64 Å². The molecule has 0 fully saturated rings. The highest BCUT2D eigenvalue weighted by Crippen LogP contribution is 2.19. The second kappa shape index (κ2) is 4.85. The largest absolute Gasteiger partial charge is 0.484 e. The Morgan fingerprint density at radius 3 is 3.11 bits per heavy atom. The van der Waals surface area contributed by atoms with E-state index in [9.17, 15) is 0 Å². The molecule has 3 aromatic heterocycles. The van der Waals surface area contributed by atoms with Gasteiger partial charge in [-0.15, -0.1) is 0 Å². The van der Waals surface area contributed by atoms with Crippen molar-refractivity contribution in [2.45, 2.75) is 6.61 Å². The van der Waals surface area contributed by atoms with Crippen molar-refractivity contribution in [1.29, 1.82) is 0 Å². The Bertz CT molecular complexity index is 690. The summed E-state index contributed by atoms with van der Waals surface area (Å²) in [5, 5.41) is 1.90. The molecular formula is C12H13N5OS. The van der Waals surface area contributed by atoms with Crippen molar-refractivity contribution in [1.82, 2.24) is 19.3 Å². The minimum atomic E-state index is 0.349. The van der Waals surface area contributed by atoms with E-state index < -0.39 is 0 Å². The van der Waals surface area contributed by atoms with Crippen molar-refractivity contribution in [3.05, 3.63) is 30.4 Å². The van der Waals surface area contributed by atoms with Gasteiger partial charge in [0.15, 0.2) is 5.82 Å². The van der Waals surface area contributed by atoms with Crippen LogP contribution in [0.4, 0.5) is 5.13 Å². The Labute approximate surface area is 114 Å². The molecule has 0 aliphatic rings. The first-order chi connectivity index (χ1) is 9.22. The fourth-order valence-electron chi connectivity index (χ4n) is 1.63. The maximum Gasteiger partial charge on any atom is 0.204 e. The lowest BCUT2D eigenvalue weighted by atomic mass is 10.3. The van der Waals surface area contributed by atoms with Gasteiger partial charge in [0, 0.05) is 37.2 Å². The molecule has 6 nitrogen and oxygen atoms in total. The van der Waals surface area contributed by atoms with Gasteiger partial charge in [-0.05, 0) is 12.1 Å². The van der Waals surface area contributed by atoms with Gasteiger partial charge < -0.3 is 14.6 Å². The highest BCUT2D eigenvalue weighted by molar-refractivity contribution is 7.09. The first kappa shape index (κ1) is 11.9. The first-order valence-electron chi connectivity index (χ1n) is 5.78. The van der Waals surface area contributed by atoms with Gasteiger partial charge in [0.05, 0.1) is 6.20 Å². The maximum absolute atomic E-state index is 5.65. The van der Waals surface area contributed by atoms with E-state index in [1.807, 2.05) is 37.3 Å². The topological polar surface area (TPSA) is 66.9 Å². The minimum Gasteiger partial charge on any atom is -0.484 e. The number of H-pyrrole nitrogens is 1. The molecule has 19 heavy (non-hydrogen) atoms. The average Bonchev–Trinajstić information content (AvgIpc) is 3.04. The van der Waals surface area contributed by atoms with Crippen LogP contribution in [-0.2, 0) is 6.61 Å². The summed E-state index contributed by atoms with van der Waals surface area (Å²) in [6.07, 6.45) is 3.55. The summed E-state index contributed by atoms with van der Waals surface area (Å²) in [4.78, 5) is 13.6. The van der Waals surface area contributed by atoms with E-state index in [2.05, 4.69) is 19.3 Å². The lowest BCUT2D eigenvalue weighted by molar-refractivity contribution is 0.297. The predicted octanol–water partition coefficient (Wildman–Crippen LogP) is 2.06. The normalized spacial score (nSPS) is 10.8. The van der Waals surface area contributed by atoms with Gasteiger partial charge in [-0.2, -0.15) is 9.36 Å². The Morgan fingerprint density at radius 1 is 1.42 bits per heavy atom. The second-order valence-corrected chi connectivity index (χ2v) is 4.99. The van der Waals surface area contributed by atoms with Crippen molar-refractivity contribution in [2.75, 3.05) is 19.0 Å². The third-order valence-corrected chi connectivity index (χ3v) is 3.50. The van der Waals surface area contributed by atoms with Gasteiger partial charge in [0.2, 0.25) is 5.13 Å². The third kappa shape index (κ3) is 2.50. The summed E-state index contributed by atoms with van der Waals surface area (Å²) in [5.41, 5.74) is 0.856. The predicted molar refractivity (Wildman–Crippen MR) is 74.7 cm³/mol. The molecule has 7 heteroatoms. The minimum absolute atomic E-state index is 0.349. The molecular weight excluding hydrogens is 262 g/mol. The zero-order chi connectivity index (χ0) is 13.2. The highest BCUT2D eigenvalue weighted by Gasteiger charge is 2.07. The molecule has 0 amide bonds. The van der Waals surface area contributed by atoms with Crippen LogP contribution in [0.2, 0.25) is 0 Å². The molecule has 0 atom stereocenters. The summed E-state index contributed by atoms with van der Waals surface area (Å²) in [6.45, 7) is 0.349. The quantitative estimate of drug-likeness (QED) is 0.789. The number of rotatable bonds is 4. The molecule has 0 bridgehead atoms. The summed E-state index contributed by atoms with van der Waals surface area (Å²) in [5.74, 6) is 1.40. The van der Waals surface area contributed by atoms with E-state index in [0.717, 1.165) is 16.2 Å². The number of nitrogens with one attached hydrogen (secondary N) is 1. The van der Waals surface area contributed by atoms with Gasteiger partial charge in [-0.25, -0.2) is 4.98 Å². The Kier molecular flexibility index (Phi) is 3.04. The van der Waals surface area contributed by atoms with Gasteiger partial charge in [-0.3, -0.25) is 0 Å². The van der Waals surface area contributed by atoms with E-state index in [-0.39, 0.29) is 0 Å². The van der Waals surface area contributed by atoms with Crippen LogP contribution in [0.15, 0.2) is 24.5 Å². The van der Waals surface area contributed by atoms with Crippen molar-refractivity contribution in [3.8, 4) is 5.75 Å². The van der Waals surface area contributed by atoms with E-state index >= 15 is 0 Å². The van der Waals surface area contributed by atoms with Gasteiger partial charge >= 0.3 is 0 Å². The number of nitrogens with zero attached hydrogens (tertiary/aromatic N) is 4. The number of anilines is 1. The molecule has 0 aliphatic carbocycles. The Morgan fingerprint density at radius 2 is 2.32 bits per heavy atom. The Balaban J connectivity index is 1.70. The second-order valence-electron chi connectivity index (χ2n) is 4.26. The molecule has 98 valence electrons. The summed E-state index contributed by atoms with van der Waals surface area (Å²) in [7, 11) is 3.88. The molecule has 3 aromatic rings. The lowest BCUT2D eigenvalue weighted by Crippen LogP contribution is -2.08. The molecule has 3 rings (SSSR count).